The molecule has 0 radical (unpaired) electrons. The summed E-state index contributed by atoms with van der Waals surface area (Å²) in [5.41, 5.74) is 3.97. The van der Waals surface area contributed by atoms with E-state index in [1.54, 1.807) is 0 Å². The number of amides is 1. The monoisotopic (exact) mass is 226 g/mol. The molecule has 1 aliphatic carbocycles. The van der Waals surface area contributed by atoms with E-state index < -0.39 is 0 Å². The molecular weight excluding hydrogens is 212 g/mol. The molecular formula is C14H14N2O. The molecule has 2 unspecified atom stereocenters. The Labute approximate surface area is 100 Å². The Hall–Kier alpha value is -1.61. The van der Waals surface area contributed by atoms with Crippen LogP contribution >= 0.6 is 0 Å². The second-order valence-electron chi connectivity index (χ2n) is 4.99. The second-order valence-corrected chi connectivity index (χ2v) is 4.99. The highest BCUT2D eigenvalue weighted by Crippen LogP contribution is 2.36. The van der Waals surface area contributed by atoms with Gasteiger partial charge in [0.15, 0.2) is 0 Å². The lowest BCUT2D eigenvalue weighted by molar-refractivity contribution is -0.126. The number of carbonyl (C=O) groups is 1. The van der Waals surface area contributed by atoms with E-state index in [9.17, 15) is 4.79 Å². The Morgan fingerprint density at radius 1 is 1.24 bits per heavy atom. The molecule has 3 nitrogen and oxygen atoms in total. The van der Waals surface area contributed by atoms with Gasteiger partial charge in [-0.15, -0.1) is 0 Å². The van der Waals surface area contributed by atoms with E-state index in [1.165, 1.54) is 16.8 Å². The fraction of sp³-hybridized carbons (Fsp3) is 0.357. The molecule has 1 saturated heterocycles. The number of hydrogen-bond acceptors (Lipinski definition) is 2. The summed E-state index contributed by atoms with van der Waals surface area (Å²) in [6.07, 6.45) is 12.4. The van der Waals surface area contributed by atoms with Crippen LogP contribution in [0.4, 0.5) is 0 Å². The molecule has 0 saturated carbocycles. The van der Waals surface area contributed by atoms with Crippen molar-refractivity contribution in [1.82, 2.24) is 10.2 Å². The zero-order valence-corrected chi connectivity index (χ0v) is 9.52. The first-order valence-corrected chi connectivity index (χ1v) is 6.19. The molecule has 3 heterocycles. The van der Waals surface area contributed by atoms with Crippen LogP contribution < -0.4 is 5.32 Å². The van der Waals surface area contributed by atoms with Gasteiger partial charge in [-0.1, -0.05) is 24.3 Å². The van der Waals surface area contributed by atoms with Gasteiger partial charge in [-0.05, 0) is 23.6 Å². The van der Waals surface area contributed by atoms with Crippen LogP contribution in [-0.4, -0.2) is 29.4 Å². The molecule has 1 N–H and O–H groups in total. The van der Waals surface area contributed by atoms with E-state index in [1.807, 2.05) is 4.90 Å². The van der Waals surface area contributed by atoms with Crippen molar-refractivity contribution in [1.29, 1.82) is 0 Å². The Bertz CT molecular complexity index is 524. The smallest absolute Gasteiger partial charge is 0.227 e. The summed E-state index contributed by atoms with van der Waals surface area (Å²) < 4.78 is 0. The molecule has 2 atom stereocenters. The summed E-state index contributed by atoms with van der Waals surface area (Å²) in [4.78, 5) is 13.7. The van der Waals surface area contributed by atoms with Gasteiger partial charge in [0.1, 0.15) is 0 Å². The topological polar surface area (TPSA) is 32.3 Å². The second kappa shape index (κ2) is 3.20. The lowest BCUT2D eigenvalue weighted by Gasteiger charge is -2.28. The van der Waals surface area contributed by atoms with Crippen molar-refractivity contribution in [3.05, 3.63) is 47.2 Å². The van der Waals surface area contributed by atoms with E-state index in [0.29, 0.717) is 18.5 Å². The van der Waals surface area contributed by atoms with Crippen molar-refractivity contribution in [3.63, 3.8) is 0 Å². The van der Waals surface area contributed by atoms with Crippen LogP contribution in [0, 0.1) is 0 Å². The van der Waals surface area contributed by atoms with Gasteiger partial charge in [-0.2, -0.15) is 0 Å². The van der Waals surface area contributed by atoms with Crippen LogP contribution in [0.5, 0.6) is 0 Å². The summed E-state index contributed by atoms with van der Waals surface area (Å²) in [5, 5.41) is 3.58. The van der Waals surface area contributed by atoms with Gasteiger partial charge in [0.05, 0.1) is 12.1 Å². The summed E-state index contributed by atoms with van der Waals surface area (Å²) in [6, 6.07) is 0.653. The quantitative estimate of drug-likeness (QED) is 0.674. The third-order valence-electron chi connectivity index (χ3n) is 4.05. The summed E-state index contributed by atoms with van der Waals surface area (Å²) in [5.74, 6) is 0.281. The number of rotatable bonds is 0. The molecule has 17 heavy (non-hydrogen) atoms. The highest BCUT2D eigenvalue weighted by Gasteiger charge is 2.38. The number of hydrogen-bond donors (Lipinski definition) is 1. The SMILES string of the molecule is O=C1CCC2=CC3=C4C=CC=CC4NC3CN12. The predicted octanol–water partition coefficient (Wildman–Crippen LogP) is 1.27. The maximum atomic E-state index is 11.7. The van der Waals surface area contributed by atoms with Gasteiger partial charge in [-0.3, -0.25) is 10.1 Å². The van der Waals surface area contributed by atoms with Crippen LogP contribution in [0.2, 0.25) is 0 Å². The molecule has 3 heteroatoms. The Balaban J connectivity index is 1.80. The Morgan fingerprint density at radius 2 is 2.18 bits per heavy atom. The van der Waals surface area contributed by atoms with Gasteiger partial charge in [0, 0.05) is 18.7 Å². The van der Waals surface area contributed by atoms with Crippen LogP contribution in [0.15, 0.2) is 47.2 Å². The third kappa shape index (κ3) is 1.23. The summed E-state index contributed by atoms with van der Waals surface area (Å²) in [6.45, 7) is 0.807. The highest BCUT2D eigenvalue weighted by atomic mass is 16.2. The van der Waals surface area contributed by atoms with Crippen molar-refractivity contribution in [2.45, 2.75) is 24.9 Å². The van der Waals surface area contributed by atoms with Crippen molar-refractivity contribution < 1.29 is 4.79 Å². The zero-order chi connectivity index (χ0) is 11.4. The standard InChI is InChI=1S/C14H14N2O/c17-14-6-5-9-7-11-10-3-1-2-4-12(10)15-13(11)8-16(9)14/h1-4,7,12-13,15H,5-6,8H2. The number of fused-ring (bicyclic) bond motifs is 3. The Kier molecular flexibility index (Phi) is 1.77. The van der Waals surface area contributed by atoms with E-state index in [4.69, 9.17) is 0 Å². The van der Waals surface area contributed by atoms with Gasteiger partial charge >= 0.3 is 0 Å². The first-order chi connectivity index (χ1) is 8.33. The fourth-order valence-corrected chi connectivity index (χ4v) is 3.20. The molecule has 0 aromatic rings. The van der Waals surface area contributed by atoms with Gasteiger partial charge in [0.25, 0.3) is 0 Å². The first kappa shape index (κ1) is 9.42. The molecule has 3 aliphatic heterocycles. The van der Waals surface area contributed by atoms with Crippen LogP contribution in [-0.2, 0) is 4.79 Å². The number of carbonyl (C=O) groups excluding carboxylic acids is 1. The maximum Gasteiger partial charge on any atom is 0.227 e. The predicted molar refractivity (Wildman–Crippen MR) is 65.0 cm³/mol. The maximum absolute atomic E-state index is 11.7. The van der Waals surface area contributed by atoms with Crippen molar-refractivity contribution in [3.8, 4) is 0 Å². The summed E-state index contributed by atoms with van der Waals surface area (Å²) >= 11 is 0. The molecule has 0 aromatic carbocycles. The number of nitrogens with one attached hydrogen (secondary N) is 1. The van der Waals surface area contributed by atoms with Gasteiger partial charge in [0.2, 0.25) is 5.91 Å². The molecule has 1 fully saturated rings. The molecule has 0 aromatic heterocycles. The molecule has 1 amide bonds. The Morgan fingerprint density at radius 3 is 3.12 bits per heavy atom. The largest absolute Gasteiger partial charge is 0.314 e. The van der Waals surface area contributed by atoms with E-state index in [0.717, 1.165) is 13.0 Å². The van der Waals surface area contributed by atoms with Crippen molar-refractivity contribution >= 4 is 5.91 Å². The highest BCUT2D eigenvalue weighted by molar-refractivity contribution is 5.82. The summed E-state index contributed by atoms with van der Waals surface area (Å²) in [7, 11) is 0. The lowest BCUT2D eigenvalue weighted by atomic mass is 9.96. The number of allylic oxidation sites excluding steroid dienone is 3. The fourth-order valence-electron chi connectivity index (χ4n) is 3.20. The minimum Gasteiger partial charge on any atom is -0.314 e. The van der Waals surface area contributed by atoms with E-state index in [2.05, 4.69) is 35.7 Å². The average Bonchev–Trinajstić information content (AvgIpc) is 2.88. The van der Waals surface area contributed by atoms with E-state index in [-0.39, 0.29) is 5.91 Å². The normalized spacial score (nSPS) is 33.8. The van der Waals surface area contributed by atoms with Crippen LogP contribution in [0.25, 0.3) is 0 Å². The zero-order valence-electron chi connectivity index (χ0n) is 9.52. The molecule has 86 valence electrons. The molecule has 0 spiro atoms. The van der Waals surface area contributed by atoms with Gasteiger partial charge in [-0.25, -0.2) is 0 Å². The lowest BCUT2D eigenvalue weighted by Crippen LogP contribution is -2.43. The van der Waals surface area contributed by atoms with E-state index >= 15 is 0 Å². The average molecular weight is 226 g/mol. The van der Waals surface area contributed by atoms with Crippen LogP contribution in [0.3, 0.4) is 0 Å². The number of nitrogens with zero attached hydrogens (tertiary/aromatic N) is 1. The first-order valence-electron chi connectivity index (χ1n) is 6.19. The minimum atomic E-state index is 0.281. The molecule has 4 aliphatic rings. The third-order valence-corrected chi connectivity index (χ3v) is 4.05. The van der Waals surface area contributed by atoms with Crippen molar-refractivity contribution in [2.24, 2.45) is 0 Å². The van der Waals surface area contributed by atoms with Crippen molar-refractivity contribution in [2.75, 3.05) is 6.54 Å². The van der Waals surface area contributed by atoms with Crippen LogP contribution in [0.1, 0.15) is 12.8 Å². The molecule has 4 rings (SSSR count). The molecule has 0 bridgehead atoms. The van der Waals surface area contributed by atoms with Gasteiger partial charge < -0.3 is 4.90 Å². The minimum absolute atomic E-state index is 0.281.